The second kappa shape index (κ2) is 6.75. The summed E-state index contributed by atoms with van der Waals surface area (Å²) in [5.74, 6) is 3.44. The van der Waals surface area contributed by atoms with E-state index in [9.17, 15) is 5.11 Å². The average molecular weight is 421 g/mol. The molecule has 0 saturated heterocycles. The molecule has 2 atom stereocenters. The van der Waals surface area contributed by atoms with Crippen LogP contribution in [-0.2, 0) is 0 Å². The highest BCUT2D eigenvalue weighted by atomic mass is 16.3. The third kappa shape index (κ3) is 2.96. The van der Waals surface area contributed by atoms with Crippen LogP contribution in [0.15, 0.2) is 18.6 Å². The smallest absolute Gasteiger partial charge is 0.141 e. The van der Waals surface area contributed by atoms with Crippen LogP contribution in [-0.4, -0.2) is 48.1 Å². The van der Waals surface area contributed by atoms with E-state index in [4.69, 9.17) is 0 Å². The van der Waals surface area contributed by atoms with E-state index in [2.05, 4.69) is 31.7 Å². The number of fused-ring (bicyclic) bond motifs is 3. The first-order valence-electron chi connectivity index (χ1n) is 12.3. The Morgan fingerprint density at radius 3 is 2.71 bits per heavy atom. The van der Waals surface area contributed by atoms with Crippen LogP contribution in [0.5, 0.6) is 0 Å². The molecule has 3 aromatic rings. The van der Waals surface area contributed by atoms with Crippen LogP contribution in [0, 0.1) is 23.7 Å². The van der Waals surface area contributed by atoms with Crippen LogP contribution in [0.2, 0.25) is 0 Å². The van der Waals surface area contributed by atoms with Gasteiger partial charge in [0.25, 0.3) is 0 Å². The van der Waals surface area contributed by atoms with Crippen molar-refractivity contribution < 1.29 is 5.11 Å². The van der Waals surface area contributed by atoms with Crippen molar-refractivity contribution in [2.24, 2.45) is 23.7 Å². The Morgan fingerprint density at radius 1 is 1.13 bits per heavy atom. The number of nitrogens with one attached hydrogen (secondary N) is 2. The first kappa shape index (κ1) is 18.6. The SMILES string of the molecule is OC12CC3CC(C1)C(NCC1CCC(c4nnn5cnc6[nH]ccc6c45)CC1)C(C3)C2. The average Bonchev–Trinajstić information content (AvgIpc) is 3.39. The molecule has 7 nitrogen and oxygen atoms in total. The molecule has 5 fully saturated rings. The van der Waals surface area contributed by atoms with Crippen molar-refractivity contribution in [1.29, 1.82) is 0 Å². The Balaban J connectivity index is 1.01. The molecule has 0 aromatic carbocycles. The maximum absolute atomic E-state index is 10.8. The van der Waals surface area contributed by atoms with Crippen molar-refractivity contribution in [3.05, 3.63) is 24.3 Å². The minimum absolute atomic E-state index is 0.325. The van der Waals surface area contributed by atoms with Gasteiger partial charge in [0.15, 0.2) is 0 Å². The van der Waals surface area contributed by atoms with Gasteiger partial charge in [0, 0.05) is 23.5 Å². The molecular formula is C24H32N6O. The fraction of sp³-hybridized carbons (Fsp3) is 0.708. The number of aromatic nitrogens is 5. The lowest BCUT2D eigenvalue weighted by Crippen LogP contribution is -2.61. The maximum Gasteiger partial charge on any atom is 0.141 e. The molecule has 5 aliphatic rings. The monoisotopic (exact) mass is 420 g/mol. The van der Waals surface area contributed by atoms with Crippen LogP contribution in [0.4, 0.5) is 0 Å². The van der Waals surface area contributed by atoms with Gasteiger partial charge in [-0.1, -0.05) is 5.21 Å². The Kier molecular flexibility index (Phi) is 4.04. The number of hydrogen-bond acceptors (Lipinski definition) is 5. The van der Waals surface area contributed by atoms with Crippen LogP contribution in [0.3, 0.4) is 0 Å². The molecule has 0 amide bonds. The van der Waals surface area contributed by atoms with E-state index >= 15 is 0 Å². The van der Waals surface area contributed by atoms with E-state index < -0.39 is 0 Å². The van der Waals surface area contributed by atoms with E-state index in [1.807, 2.05) is 10.7 Å². The van der Waals surface area contributed by atoms with Gasteiger partial charge in [0.1, 0.15) is 17.5 Å². The van der Waals surface area contributed by atoms with Crippen LogP contribution < -0.4 is 5.32 Å². The Morgan fingerprint density at radius 2 is 1.94 bits per heavy atom. The zero-order valence-electron chi connectivity index (χ0n) is 18.0. The lowest BCUT2D eigenvalue weighted by Gasteiger charge is -2.58. The van der Waals surface area contributed by atoms with Gasteiger partial charge < -0.3 is 15.4 Å². The normalized spacial score (nSPS) is 39.6. The van der Waals surface area contributed by atoms with Crippen molar-refractivity contribution in [3.8, 4) is 0 Å². The van der Waals surface area contributed by atoms with E-state index in [1.165, 1.54) is 38.5 Å². The summed E-state index contributed by atoms with van der Waals surface area (Å²) in [6, 6.07) is 2.73. The molecule has 0 radical (unpaired) electrons. The summed E-state index contributed by atoms with van der Waals surface area (Å²) >= 11 is 0. The number of H-pyrrole nitrogens is 1. The molecule has 5 aliphatic carbocycles. The van der Waals surface area contributed by atoms with Gasteiger partial charge in [0.2, 0.25) is 0 Å². The van der Waals surface area contributed by atoms with Crippen molar-refractivity contribution >= 4 is 16.6 Å². The zero-order valence-corrected chi connectivity index (χ0v) is 18.0. The number of rotatable bonds is 4. The molecule has 4 bridgehead atoms. The second-order valence-corrected chi connectivity index (χ2v) is 11.1. The zero-order chi connectivity index (χ0) is 20.6. The van der Waals surface area contributed by atoms with Gasteiger partial charge in [-0.15, -0.1) is 5.10 Å². The quantitative estimate of drug-likeness (QED) is 0.602. The third-order valence-corrected chi connectivity index (χ3v) is 9.11. The lowest BCUT2D eigenvalue weighted by molar-refractivity contribution is -0.139. The summed E-state index contributed by atoms with van der Waals surface area (Å²) in [4.78, 5) is 7.63. The van der Waals surface area contributed by atoms with E-state index in [0.29, 0.717) is 23.8 Å². The molecule has 2 unspecified atom stereocenters. The fourth-order valence-electron chi connectivity index (χ4n) is 7.95. The molecule has 3 heterocycles. The molecule has 164 valence electrons. The minimum Gasteiger partial charge on any atom is -0.390 e. The topological polar surface area (TPSA) is 91.1 Å². The predicted molar refractivity (Wildman–Crippen MR) is 118 cm³/mol. The molecule has 0 spiro atoms. The van der Waals surface area contributed by atoms with Crippen molar-refractivity contribution in [2.45, 2.75) is 75.3 Å². The Hall–Kier alpha value is -1.99. The molecule has 31 heavy (non-hydrogen) atoms. The van der Waals surface area contributed by atoms with E-state index in [1.54, 1.807) is 6.33 Å². The summed E-state index contributed by atoms with van der Waals surface area (Å²) < 4.78 is 1.83. The molecule has 7 heteroatoms. The fourth-order valence-corrected chi connectivity index (χ4v) is 7.95. The third-order valence-electron chi connectivity index (χ3n) is 9.11. The molecule has 3 N–H and O–H groups in total. The Bertz CT molecular complexity index is 1100. The summed E-state index contributed by atoms with van der Waals surface area (Å²) in [5.41, 5.74) is 2.86. The highest BCUT2D eigenvalue weighted by molar-refractivity contribution is 5.92. The van der Waals surface area contributed by atoms with E-state index in [0.717, 1.165) is 59.9 Å². The van der Waals surface area contributed by atoms with Crippen LogP contribution in [0.1, 0.15) is 69.4 Å². The van der Waals surface area contributed by atoms with Gasteiger partial charge in [-0.2, -0.15) is 0 Å². The number of aliphatic hydroxyl groups is 1. The number of hydrogen-bond donors (Lipinski definition) is 3. The highest BCUT2D eigenvalue weighted by Gasteiger charge is 2.54. The van der Waals surface area contributed by atoms with Gasteiger partial charge in [-0.25, -0.2) is 9.50 Å². The van der Waals surface area contributed by atoms with Crippen molar-refractivity contribution in [2.75, 3.05) is 6.54 Å². The van der Waals surface area contributed by atoms with E-state index in [-0.39, 0.29) is 5.60 Å². The van der Waals surface area contributed by atoms with Crippen LogP contribution >= 0.6 is 0 Å². The van der Waals surface area contributed by atoms with Gasteiger partial charge >= 0.3 is 0 Å². The maximum atomic E-state index is 10.8. The lowest BCUT2D eigenvalue weighted by atomic mass is 9.52. The first-order chi connectivity index (χ1) is 15.2. The number of aromatic amines is 1. The Labute approximate surface area is 182 Å². The van der Waals surface area contributed by atoms with Gasteiger partial charge in [-0.05, 0) is 94.1 Å². The van der Waals surface area contributed by atoms with Crippen molar-refractivity contribution in [1.82, 2.24) is 30.1 Å². The largest absolute Gasteiger partial charge is 0.390 e. The van der Waals surface area contributed by atoms with Gasteiger partial charge in [0.05, 0.1) is 11.3 Å². The standard InChI is InChI=1S/C24H32N6O/c31-24-9-15-7-17(10-24)20(18(8-15)11-24)26-12-14-1-3-16(4-2-14)21-22-19-5-6-25-23(19)27-13-30(22)29-28-21/h5-6,13-18,20,25-26,31H,1-4,7-12H2. The van der Waals surface area contributed by atoms with Gasteiger partial charge in [-0.3, -0.25) is 0 Å². The summed E-state index contributed by atoms with van der Waals surface area (Å²) in [5, 5.41) is 24.9. The number of nitrogens with zero attached hydrogens (tertiary/aromatic N) is 4. The van der Waals surface area contributed by atoms with Crippen molar-refractivity contribution in [3.63, 3.8) is 0 Å². The molecule has 3 aromatic heterocycles. The first-order valence-corrected chi connectivity index (χ1v) is 12.3. The van der Waals surface area contributed by atoms with Crippen LogP contribution in [0.25, 0.3) is 16.6 Å². The molecular weight excluding hydrogens is 388 g/mol. The summed E-state index contributed by atoms with van der Waals surface area (Å²) in [6.07, 6.45) is 14.4. The minimum atomic E-state index is -0.325. The molecule has 8 rings (SSSR count). The second-order valence-electron chi connectivity index (χ2n) is 11.1. The highest BCUT2D eigenvalue weighted by Crippen LogP contribution is 2.55. The predicted octanol–water partition coefficient (Wildman–Crippen LogP) is 3.41. The summed E-state index contributed by atoms with van der Waals surface area (Å²) in [7, 11) is 0. The molecule has 5 saturated carbocycles. The molecule has 0 aliphatic heterocycles. The summed E-state index contributed by atoms with van der Waals surface area (Å²) in [6.45, 7) is 1.14.